The number of halogens is 3. The molecule has 1 aliphatic rings. The van der Waals surface area contributed by atoms with E-state index in [-0.39, 0.29) is 42.0 Å². The molecule has 40 heavy (non-hydrogen) atoms. The number of carbonyl (C=O) groups excluding carboxylic acids is 2. The number of aromatic nitrogens is 2. The molecule has 14 heteroatoms. The molecule has 6 N–H and O–H groups in total. The van der Waals surface area contributed by atoms with Crippen LogP contribution in [0, 0.1) is 0 Å². The fraction of sp³-hybridized carbons (Fsp3) is 0.423. The summed E-state index contributed by atoms with van der Waals surface area (Å²) in [5, 5.41) is 10.0. The molecule has 2 unspecified atom stereocenters. The van der Waals surface area contributed by atoms with Crippen LogP contribution >= 0.6 is 0 Å². The SMILES string of the molecule is C/C(N)=C/C=C(\N)n1nc2c(c1NC(=O)CS(C)=O)C(=O)NC(CCc1cccc(OCCCC(F)(F)F)c1)C2. The number of fused-ring (bicyclic) bond motifs is 1. The number of aryl methyl sites for hydroxylation is 1. The molecule has 0 fully saturated rings. The molecule has 1 aromatic carbocycles. The number of ether oxygens (including phenoxy) is 1. The van der Waals surface area contributed by atoms with E-state index >= 15 is 0 Å². The number of nitrogens with zero attached hydrogens (tertiary/aromatic N) is 2. The fourth-order valence-corrected chi connectivity index (χ4v) is 4.54. The lowest BCUT2D eigenvalue weighted by atomic mass is 9.96. The predicted molar refractivity (Wildman–Crippen MR) is 147 cm³/mol. The van der Waals surface area contributed by atoms with Crippen LogP contribution in [0.5, 0.6) is 5.75 Å². The van der Waals surface area contributed by atoms with Gasteiger partial charge >= 0.3 is 6.18 Å². The number of hydrogen-bond acceptors (Lipinski definition) is 7. The van der Waals surface area contributed by atoms with E-state index in [4.69, 9.17) is 16.2 Å². The molecule has 218 valence electrons. The van der Waals surface area contributed by atoms with Gasteiger partial charge in [-0.2, -0.15) is 18.3 Å². The smallest absolute Gasteiger partial charge is 0.389 e. The summed E-state index contributed by atoms with van der Waals surface area (Å²) in [6.07, 6.45) is 0.676. The van der Waals surface area contributed by atoms with Gasteiger partial charge in [0.25, 0.3) is 5.91 Å². The van der Waals surface area contributed by atoms with Crippen molar-refractivity contribution < 1.29 is 31.7 Å². The van der Waals surface area contributed by atoms with E-state index < -0.39 is 35.2 Å². The zero-order valence-corrected chi connectivity index (χ0v) is 23.0. The van der Waals surface area contributed by atoms with Crippen molar-refractivity contribution in [3.8, 4) is 5.75 Å². The number of nitrogens with one attached hydrogen (secondary N) is 2. The molecule has 0 spiro atoms. The normalized spacial score (nSPS) is 16.7. The molecule has 1 aromatic heterocycles. The predicted octanol–water partition coefficient (Wildman–Crippen LogP) is 2.83. The Morgan fingerprint density at radius 3 is 2.75 bits per heavy atom. The second kappa shape index (κ2) is 13.5. The molecule has 0 saturated heterocycles. The summed E-state index contributed by atoms with van der Waals surface area (Å²) >= 11 is 0. The van der Waals surface area contributed by atoms with Crippen LogP contribution in [-0.4, -0.2) is 56.6 Å². The Labute approximate surface area is 232 Å². The Kier molecular flexibility index (Phi) is 10.4. The highest BCUT2D eigenvalue weighted by Crippen LogP contribution is 2.28. The lowest BCUT2D eigenvalue weighted by molar-refractivity contribution is -0.136. The maximum Gasteiger partial charge on any atom is 0.389 e. The Morgan fingerprint density at radius 2 is 2.08 bits per heavy atom. The van der Waals surface area contributed by atoms with Crippen LogP contribution in [0.2, 0.25) is 0 Å². The summed E-state index contributed by atoms with van der Waals surface area (Å²) in [4.78, 5) is 25.5. The third-order valence-corrected chi connectivity index (χ3v) is 6.54. The lowest BCUT2D eigenvalue weighted by Gasteiger charge is -2.23. The number of alkyl halides is 3. The Bertz CT molecular complexity index is 1320. The molecule has 3 rings (SSSR count). The Morgan fingerprint density at radius 1 is 1.32 bits per heavy atom. The van der Waals surface area contributed by atoms with Gasteiger partial charge in [0, 0.05) is 41.6 Å². The standard InChI is InChI=1S/C26H33F3N6O4S/c1-16(30)7-10-21(31)35-24(33-22(36)15-40(2)38)23-20(34-35)14-18(32-25(23)37)9-8-17-5-3-6-19(13-17)39-12-4-11-26(27,28)29/h3,5-7,10,13,18H,4,8-9,11-12,14-15,30-31H2,1-2H3,(H,32,37)(H,33,36)/b16-7-,21-10+. The molecular weight excluding hydrogens is 549 g/mol. The van der Waals surface area contributed by atoms with Crippen LogP contribution in [0.4, 0.5) is 19.0 Å². The Balaban J connectivity index is 1.73. The van der Waals surface area contributed by atoms with Gasteiger partial charge in [0.15, 0.2) is 5.82 Å². The van der Waals surface area contributed by atoms with Gasteiger partial charge in [-0.3, -0.25) is 13.8 Å². The average Bonchev–Trinajstić information content (AvgIpc) is 3.21. The maximum atomic E-state index is 13.1. The number of benzene rings is 1. The average molecular weight is 583 g/mol. The van der Waals surface area contributed by atoms with Crippen molar-refractivity contribution in [2.24, 2.45) is 11.5 Å². The number of nitrogens with two attached hydrogens (primary N) is 2. The molecule has 0 bridgehead atoms. The first-order valence-electron chi connectivity index (χ1n) is 12.5. The number of anilines is 1. The minimum absolute atomic E-state index is 0.0433. The summed E-state index contributed by atoms with van der Waals surface area (Å²) in [7, 11) is -1.40. The second-order valence-corrected chi connectivity index (χ2v) is 10.9. The van der Waals surface area contributed by atoms with E-state index in [0.717, 1.165) is 5.56 Å². The molecule has 2 amide bonds. The zero-order chi connectivity index (χ0) is 29.4. The van der Waals surface area contributed by atoms with Gasteiger partial charge in [-0.1, -0.05) is 12.1 Å². The number of allylic oxidation sites excluding steroid dienone is 3. The molecule has 10 nitrogen and oxygen atoms in total. The van der Waals surface area contributed by atoms with Crippen LogP contribution in [0.25, 0.3) is 5.82 Å². The van der Waals surface area contributed by atoms with Crippen LogP contribution in [0.15, 0.2) is 42.1 Å². The summed E-state index contributed by atoms with van der Waals surface area (Å²) in [6, 6.07) is 6.81. The van der Waals surface area contributed by atoms with Gasteiger partial charge < -0.3 is 26.8 Å². The van der Waals surface area contributed by atoms with Crippen molar-refractivity contribution >= 4 is 34.3 Å². The van der Waals surface area contributed by atoms with Crippen molar-refractivity contribution in [2.45, 2.75) is 51.2 Å². The number of carbonyl (C=O) groups is 2. The molecular formula is C26H33F3N6O4S. The first kappa shape index (κ1) is 30.7. The van der Waals surface area contributed by atoms with E-state index in [2.05, 4.69) is 15.7 Å². The second-order valence-electron chi connectivity index (χ2n) is 9.48. The topological polar surface area (TPSA) is 154 Å². The van der Waals surface area contributed by atoms with Crippen molar-refractivity contribution in [3.05, 3.63) is 58.9 Å². The van der Waals surface area contributed by atoms with Gasteiger partial charge in [-0.15, -0.1) is 0 Å². The summed E-state index contributed by atoms with van der Waals surface area (Å²) in [5.41, 5.74) is 13.9. The first-order valence-corrected chi connectivity index (χ1v) is 14.3. The van der Waals surface area contributed by atoms with E-state index in [0.29, 0.717) is 36.4 Å². The third kappa shape index (κ3) is 9.14. The van der Waals surface area contributed by atoms with Crippen LogP contribution in [-0.2, 0) is 28.4 Å². The van der Waals surface area contributed by atoms with Crippen molar-refractivity contribution in [1.82, 2.24) is 15.1 Å². The van der Waals surface area contributed by atoms with Crippen molar-refractivity contribution in [1.29, 1.82) is 0 Å². The highest BCUT2D eigenvalue weighted by atomic mass is 32.2. The van der Waals surface area contributed by atoms with Crippen molar-refractivity contribution in [2.75, 3.05) is 23.9 Å². The highest BCUT2D eigenvalue weighted by molar-refractivity contribution is 7.85. The van der Waals surface area contributed by atoms with E-state index in [1.165, 1.54) is 17.0 Å². The molecule has 2 aromatic rings. The van der Waals surface area contributed by atoms with Crippen LogP contribution in [0.3, 0.4) is 0 Å². The first-order chi connectivity index (χ1) is 18.8. The maximum absolute atomic E-state index is 13.1. The van der Waals surface area contributed by atoms with E-state index in [9.17, 15) is 27.0 Å². The largest absolute Gasteiger partial charge is 0.494 e. The highest BCUT2D eigenvalue weighted by Gasteiger charge is 2.33. The minimum Gasteiger partial charge on any atom is -0.494 e. The number of rotatable bonds is 12. The number of amides is 2. The molecule has 0 radical (unpaired) electrons. The van der Waals surface area contributed by atoms with Gasteiger partial charge in [0.1, 0.15) is 22.9 Å². The summed E-state index contributed by atoms with van der Waals surface area (Å²) in [6.45, 7) is 1.63. The molecule has 2 atom stereocenters. The van der Waals surface area contributed by atoms with Crippen LogP contribution < -0.4 is 26.8 Å². The zero-order valence-electron chi connectivity index (χ0n) is 22.2. The van der Waals surface area contributed by atoms with Gasteiger partial charge in [-0.05, 0) is 56.0 Å². The van der Waals surface area contributed by atoms with Gasteiger partial charge in [0.2, 0.25) is 5.91 Å². The van der Waals surface area contributed by atoms with Crippen molar-refractivity contribution in [3.63, 3.8) is 0 Å². The van der Waals surface area contributed by atoms with Crippen LogP contribution in [0.1, 0.15) is 47.8 Å². The quantitative estimate of drug-likeness (QED) is 0.222. The van der Waals surface area contributed by atoms with Gasteiger partial charge in [-0.25, -0.2) is 4.68 Å². The lowest BCUT2D eigenvalue weighted by Crippen LogP contribution is -2.41. The molecule has 0 saturated carbocycles. The van der Waals surface area contributed by atoms with E-state index in [1.54, 1.807) is 31.2 Å². The molecule has 1 aliphatic heterocycles. The molecule has 2 heterocycles. The van der Waals surface area contributed by atoms with Gasteiger partial charge in [0.05, 0.1) is 12.3 Å². The van der Waals surface area contributed by atoms with E-state index in [1.807, 2.05) is 6.07 Å². The monoisotopic (exact) mass is 582 g/mol. The summed E-state index contributed by atoms with van der Waals surface area (Å²) < 4.78 is 55.2. The molecule has 0 aliphatic carbocycles. The number of hydrogen-bond donors (Lipinski definition) is 4. The minimum atomic E-state index is -4.21. The fourth-order valence-electron chi connectivity index (χ4n) is 4.10. The third-order valence-electron chi connectivity index (χ3n) is 5.87. The summed E-state index contributed by atoms with van der Waals surface area (Å²) in [5.74, 6) is -0.590. The Hall–Kier alpha value is -3.81.